The van der Waals surface area contributed by atoms with Crippen molar-refractivity contribution in [2.45, 2.75) is 0 Å². The molecule has 0 radical (unpaired) electrons. The van der Waals surface area contributed by atoms with Gasteiger partial charge in [0.1, 0.15) is 0 Å². The second kappa shape index (κ2) is 5.75. The van der Waals surface area contributed by atoms with Gasteiger partial charge in [-0.05, 0) is 24.3 Å². The van der Waals surface area contributed by atoms with Crippen LogP contribution in [0.5, 0.6) is 0 Å². The van der Waals surface area contributed by atoms with Gasteiger partial charge in [-0.3, -0.25) is 4.79 Å². The lowest BCUT2D eigenvalue weighted by molar-refractivity contribution is 0.0714. The molecule has 2 aromatic rings. The number of carbonyl (C=O) groups is 1. The molecule has 0 unspecified atom stereocenters. The molecule has 0 aliphatic carbocycles. The van der Waals surface area contributed by atoms with Gasteiger partial charge in [0.15, 0.2) is 23.2 Å². The molecule has 1 amide bonds. The maximum atomic E-state index is 13.8. The van der Waals surface area contributed by atoms with E-state index in [4.69, 9.17) is 4.42 Å². The minimum absolute atomic E-state index is 0.00370. The number of halogens is 3. The zero-order valence-electron chi connectivity index (χ0n) is 11.6. The molecule has 3 rings (SSSR count). The van der Waals surface area contributed by atoms with E-state index in [9.17, 15) is 18.0 Å². The second-order valence-electron chi connectivity index (χ2n) is 4.95. The highest BCUT2D eigenvalue weighted by atomic mass is 19.2. The van der Waals surface area contributed by atoms with Crippen molar-refractivity contribution in [2.24, 2.45) is 0 Å². The van der Waals surface area contributed by atoms with Gasteiger partial charge in [-0.15, -0.1) is 0 Å². The van der Waals surface area contributed by atoms with Crippen LogP contribution in [0, 0.1) is 17.5 Å². The van der Waals surface area contributed by atoms with Crippen molar-refractivity contribution in [3.05, 3.63) is 53.7 Å². The molecule has 0 bridgehead atoms. The van der Waals surface area contributed by atoms with Gasteiger partial charge in [0.05, 0.1) is 12.0 Å². The van der Waals surface area contributed by atoms with E-state index in [-0.39, 0.29) is 17.4 Å². The smallest absolute Gasteiger partial charge is 0.289 e. The molecule has 1 aromatic heterocycles. The lowest BCUT2D eigenvalue weighted by Crippen LogP contribution is -2.49. The molecule has 0 atom stereocenters. The minimum atomic E-state index is -1.48. The van der Waals surface area contributed by atoms with Crippen LogP contribution < -0.4 is 4.90 Å². The predicted molar refractivity (Wildman–Crippen MR) is 73.1 cm³/mol. The zero-order valence-corrected chi connectivity index (χ0v) is 11.6. The first kappa shape index (κ1) is 14.5. The Bertz CT molecular complexity index is 680. The summed E-state index contributed by atoms with van der Waals surface area (Å²) in [6.07, 6.45) is 1.42. The van der Waals surface area contributed by atoms with Crippen LogP contribution in [0.1, 0.15) is 10.6 Å². The second-order valence-corrected chi connectivity index (χ2v) is 4.95. The van der Waals surface area contributed by atoms with Crippen molar-refractivity contribution in [3.63, 3.8) is 0 Å². The highest BCUT2D eigenvalue weighted by Crippen LogP contribution is 2.24. The summed E-state index contributed by atoms with van der Waals surface area (Å²) < 4.78 is 45.1. The van der Waals surface area contributed by atoms with Crippen molar-refractivity contribution in [1.29, 1.82) is 0 Å². The van der Waals surface area contributed by atoms with Gasteiger partial charge in [0, 0.05) is 26.2 Å². The van der Waals surface area contributed by atoms with Crippen molar-refractivity contribution in [2.75, 3.05) is 31.1 Å². The molecule has 0 N–H and O–H groups in total. The summed E-state index contributed by atoms with van der Waals surface area (Å²) in [6, 6.07) is 5.30. The van der Waals surface area contributed by atoms with Gasteiger partial charge in [-0.25, -0.2) is 13.2 Å². The van der Waals surface area contributed by atoms with Gasteiger partial charge < -0.3 is 14.2 Å². The summed E-state index contributed by atoms with van der Waals surface area (Å²) in [7, 11) is 0. The zero-order chi connectivity index (χ0) is 15.7. The van der Waals surface area contributed by atoms with Crippen LogP contribution in [0.15, 0.2) is 34.9 Å². The molecule has 1 saturated heterocycles. The monoisotopic (exact) mass is 310 g/mol. The van der Waals surface area contributed by atoms with Gasteiger partial charge in [0.2, 0.25) is 0 Å². The third-order valence-corrected chi connectivity index (χ3v) is 3.65. The summed E-state index contributed by atoms with van der Waals surface area (Å²) >= 11 is 0. The van der Waals surface area contributed by atoms with Gasteiger partial charge in [-0.1, -0.05) is 0 Å². The summed E-state index contributed by atoms with van der Waals surface area (Å²) in [6.45, 7) is 1.35. The van der Waals surface area contributed by atoms with Crippen molar-refractivity contribution in [3.8, 4) is 0 Å². The maximum Gasteiger partial charge on any atom is 0.289 e. The summed E-state index contributed by atoms with van der Waals surface area (Å²) in [4.78, 5) is 15.3. The number of piperazine rings is 1. The highest BCUT2D eigenvalue weighted by Gasteiger charge is 2.26. The van der Waals surface area contributed by atoms with Crippen LogP contribution in [0.2, 0.25) is 0 Å². The normalized spacial score (nSPS) is 15.2. The number of benzene rings is 1. The number of anilines is 1. The van der Waals surface area contributed by atoms with Gasteiger partial charge in [-0.2, -0.15) is 0 Å². The molecule has 0 saturated carbocycles. The first-order chi connectivity index (χ1) is 10.6. The molecule has 116 valence electrons. The molecular formula is C15H13F3N2O2. The van der Waals surface area contributed by atoms with E-state index >= 15 is 0 Å². The van der Waals surface area contributed by atoms with Crippen LogP contribution in [0.25, 0.3) is 0 Å². The first-order valence-corrected chi connectivity index (χ1v) is 6.79. The average molecular weight is 310 g/mol. The predicted octanol–water partition coefficient (Wildman–Crippen LogP) is 2.66. The Labute approximate surface area is 124 Å². The van der Waals surface area contributed by atoms with Crippen LogP contribution >= 0.6 is 0 Å². The average Bonchev–Trinajstić information content (AvgIpc) is 3.07. The SMILES string of the molecule is O=C(c1ccco1)N1CCN(c2ccc(F)c(F)c2F)CC1. The quantitative estimate of drug-likeness (QED) is 0.800. The molecule has 7 heteroatoms. The summed E-state index contributed by atoms with van der Waals surface area (Å²) in [5, 5.41) is 0. The van der Waals surface area contributed by atoms with E-state index in [0.717, 1.165) is 6.07 Å². The fourth-order valence-corrected chi connectivity index (χ4v) is 2.47. The molecule has 1 fully saturated rings. The molecule has 0 spiro atoms. The Morgan fingerprint density at radius 3 is 2.36 bits per heavy atom. The number of hydrogen-bond acceptors (Lipinski definition) is 3. The Morgan fingerprint density at radius 1 is 1.00 bits per heavy atom. The van der Waals surface area contributed by atoms with Crippen LogP contribution in [0.3, 0.4) is 0 Å². The summed E-state index contributed by atoms with van der Waals surface area (Å²) in [5.74, 6) is -3.90. The van der Waals surface area contributed by atoms with E-state index in [1.807, 2.05) is 0 Å². The Hall–Kier alpha value is -2.44. The summed E-state index contributed by atoms with van der Waals surface area (Å²) in [5.41, 5.74) is 0.00370. The third-order valence-electron chi connectivity index (χ3n) is 3.65. The lowest BCUT2D eigenvalue weighted by Gasteiger charge is -2.35. The van der Waals surface area contributed by atoms with E-state index in [1.165, 1.54) is 12.3 Å². The topological polar surface area (TPSA) is 36.7 Å². The Balaban J connectivity index is 1.70. The van der Waals surface area contributed by atoms with Crippen molar-refractivity contribution < 1.29 is 22.4 Å². The number of hydrogen-bond donors (Lipinski definition) is 0. The molecule has 1 aliphatic heterocycles. The highest BCUT2D eigenvalue weighted by molar-refractivity contribution is 5.91. The number of carbonyl (C=O) groups excluding carboxylic acids is 1. The van der Waals surface area contributed by atoms with Crippen LogP contribution in [0.4, 0.5) is 18.9 Å². The standard InChI is InChI=1S/C15H13F3N2O2/c16-10-3-4-11(14(18)13(10)17)19-5-7-20(8-6-19)15(21)12-2-1-9-22-12/h1-4,9H,5-8H2. The molecule has 22 heavy (non-hydrogen) atoms. The van der Waals surface area contributed by atoms with E-state index in [1.54, 1.807) is 21.9 Å². The van der Waals surface area contributed by atoms with Crippen LogP contribution in [-0.4, -0.2) is 37.0 Å². The third kappa shape index (κ3) is 2.54. The minimum Gasteiger partial charge on any atom is -0.459 e. The largest absolute Gasteiger partial charge is 0.459 e. The number of furan rings is 1. The molecule has 1 aliphatic rings. The Kier molecular flexibility index (Phi) is 3.79. The number of amides is 1. The maximum absolute atomic E-state index is 13.8. The van der Waals surface area contributed by atoms with Gasteiger partial charge in [0.25, 0.3) is 5.91 Å². The van der Waals surface area contributed by atoms with E-state index in [2.05, 4.69) is 0 Å². The first-order valence-electron chi connectivity index (χ1n) is 6.79. The molecule has 1 aromatic carbocycles. The molecule has 4 nitrogen and oxygen atoms in total. The molecule has 2 heterocycles. The number of rotatable bonds is 2. The van der Waals surface area contributed by atoms with Crippen LogP contribution in [-0.2, 0) is 0 Å². The fraction of sp³-hybridized carbons (Fsp3) is 0.267. The van der Waals surface area contributed by atoms with Crippen molar-refractivity contribution in [1.82, 2.24) is 4.90 Å². The van der Waals surface area contributed by atoms with E-state index in [0.29, 0.717) is 26.2 Å². The van der Waals surface area contributed by atoms with E-state index < -0.39 is 17.5 Å². The van der Waals surface area contributed by atoms with Gasteiger partial charge >= 0.3 is 0 Å². The number of nitrogens with zero attached hydrogens (tertiary/aromatic N) is 2. The van der Waals surface area contributed by atoms with Crippen molar-refractivity contribution >= 4 is 11.6 Å². The Morgan fingerprint density at radius 2 is 1.73 bits per heavy atom. The lowest BCUT2D eigenvalue weighted by atomic mass is 10.2. The molecular weight excluding hydrogens is 297 g/mol. The fourth-order valence-electron chi connectivity index (χ4n) is 2.47.